The van der Waals surface area contributed by atoms with E-state index in [9.17, 15) is 9.59 Å². The van der Waals surface area contributed by atoms with E-state index >= 15 is 0 Å². The van der Waals surface area contributed by atoms with Crippen molar-refractivity contribution in [1.29, 1.82) is 0 Å². The first kappa shape index (κ1) is 36.2. The number of hydrogen-bond acceptors (Lipinski definition) is 8. The standard InChI is InChI=1S/C39H52O8/c1-4-5-29-6-8-30(9-7-29)31-10-12-32(13-11-31)33-14-16-34(17-15-33)35-22-36(44-18-20-46-38(42)27(2)25-40)24-37(23-35)45-19-21-47-39(43)28(3)26-41/h14-17,22-24,29-32,40-41H,2-13,18-21,25-26H2,1H3. The first-order chi connectivity index (χ1) is 22.8. The third-order valence-electron chi connectivity index (χ3n) is 9.75. The minimum atomic E-state index is -0.671. The van der Waals surface area contributed by atoms with Gasteiger partial charge in [-0.05, 0) is 91.0 Å². The van der Waals surface area contributed by atoms with Gasteiger partial charge in [0, 0.05) is 6.07 Å². The van der Waals surface area contributed by atoms with Crippen molar-refractivity contribution in [1.82, 2.24) is 0 Å². The van der Waals surface area contributed by atoms with Gasteiger partial charge in [-0.3, -0.25) is 0 Å². The summed E-state index contributed by atoms with van der Waals surface area (Å²) in [5, 5.41) is 18.1. The monoisotopic (exact) mass is 648 g/mol. The van der Waals surface area contributed by atoms with Gasteiger partial charge in [-0.2, -0.15) is 0 Å². The molecule has 2 aromatic carbocycles. The van der Waals surface area contributed by atoms with Gasteiger partial charge in [0.05, 0.1) is 24.4 Å². The van der Waals surface area contributed by atoms with Crippen LogP contribution in [-0.4, -0.2) is 61.8 Å². The molecular formula is C39H52O8. The van der Waals surface area contributed by atoms with Crippen LogP contribution in [0.3, 0.4) is 0 Å². The lowest BCUT2D eigenvalue weighted by molar-refractivity contribution is -0.141. The fourth-order valence-corrected chi connectivity index (χ4v) is 7.05. The average molecular weight is 649 g/mol. The van der Waals surface area contributed by atoms with Gasteiger partial charge in [0.25, 0.3) is 0 Å². The molecule has 0 amide bonds. The number of esters is 2. The van der Waals surface area contributed by atoms with Crippen molar-refractivity contribution < 1.29 is 38.7 Å². The molecule has 2 aliphatic rings. The zero-order valence-corrected chi connectivity index (χ0v) is 27.9. The molecule has 0 spiro atoms. The first-order valence-electron chi connectivity index (χ1n) is 17.2. The Balaban J connectivity index is 1.36. The molecular weight excluding hydrogens is 596 g/mol. The van der Waals surface area contributed by atoms with Gasteiger partial charge in [-0.1, -0.05) is 70.0 Å². The van der Waals surface area contributed by atoms with Crippen molar-refractivity contribution in [3.8, 4) is 22.6 Å². The molecule has 2 aromatic rings. The van der Waals surface area contributed by atoms with Crippen LogP contribution in [0.25, 0.3) is 11.1 Å². The maximum absolute atomic E-state index is 11.8. The molecule has 0 unspecified atom stereocenters. The first-order valence-corrected chi connectivity index (χ1v) is 17.2. The van der Waals surface area contributed by atoms with Gasteiger partial charge in [0.1, 0.15) is 37.9 Å². The molecule has 0 atom stereocenters. The smallest absolute Gasteiger partial charge is 0.335 e. The molecule has 4 rings (SSSR count). The highest BCUT2D eigenvalue weighted by Gasteiger charge is 2.31. The maximum Gasteiger partial charge on any atom is 0.335 e. The van der Waals surface area contributed by atoms with Crippen molar-refractivity contribution in [3.63, 3.8) is 0 Å². The highest BCUT2D eigenvalue weighted by Crippen LogP contribution is 2.44. The molecule has 2 N–H and O–H groups in total. The summed E-state index contributed by atoms with van der Waals surface area (Å²) in [5.74, 6) is 3.08. The number of ether oxygens (including phenoxy) is 4. The lowest BCUT2D eigenvalue weighted by atomic mass is 9.68. The van der Waals surface area contributed by atoms with Gasteiger partial charge in [-0.15, -0.1) is 0 Å². The molecule has 8 nitrogen and oxygen atoms in total. The van der Waals surface area contributed by atoms with E-state index < -0.39 is 25.2 Å². The summed E-state index contributed by atoms with van der Waals surface area (Å²) < 4.78 is 21.9. The molecule has 256 valence electrons. The summed E-state index contributed by atoms with van der Waals surface area (Å²) in [5.41, 5.74) is 3.25. The molecule has 0 saturated heterocycles. The second kappa shape index (κ2) is 18.6. The zero-order valence-electron chi connectivity index (χ0n) is 27.9. The van der Waals surface area contributed by atoms with E-state index in [0.717, 1.165) is 28.9 Å². The fourth-order valence-electron chi connectivity index (χ4n) is 7.05. The van der Waals surface area contributed by atoms with E-state index in [1.54, 1.807) is 6.07 Å². The van der Waals surface area contributed by atoms with Crippen LogP contribution in [0.15, 0.2) is 66.8 Å². The Morgan fingerprint density at radius 2 is 1.17 bits per heavy atom. The van der Waals surface area contributed by atoms with E-state index in [1.807, 2.05) is 12.1 Å². The van der Waals surface area contributed by atoms with Crippen molar-refractivity contribution >= 4 is 11.9 Å². The van der Waals surface area contributed by atoms with Crippen LogP contribution in [0.1, 0.15) is 82.6 Å². The highest BCUT2D eigenvalue weighted by atomic mass is 16.6. The second-order valence-corrected chi connectivity index (χ2v) is 13.0. The molecule has 47 heavy (non-hydrogen) atoms. The predicted molar refractivity (Wildman–Crippen MR) is 182 cm³/mol. The number of benzene rings is 2. The lowest BCUT2D eigenvalue weighted by Gasteiger charge is -2.38. The lowest BCUT2D eigenvalue weighted by Crippen LogP contribution is -2.25. The Hall–Kier alpha value is -3.62. The maximum atomic E-state index is 11.8. The van der Waals surface area contributed by atoms with Crippen molar-refractivity contribution in [2.24, 2.45) is 17.8 Å². The number of carbonyl (C=O) groups excluding carboxylic acids is 2. The summed E-state index contributed by atoms with van der Waals surface area (Å²) >= 11 is 0. The molecule has 2 fully saturated rings. The van der Waals surface area contributed by atoms with Crippen molar-refractivity contribution in [3.05, 3.63) is 72.3 Å². The van der Waals surface area contributed by atoms with Crippen LogP contribution < -0.4 is 9.47 Å². The Labute approximate surface area is 279 Å². The normalized spacial score (nSPS) is 21.0. The minimum Gasteiger partial charge on any atom is -0.490 e. The Morgan fingerprint density at radius 3 is 1.64 bits per heavy atom. The van der Waals surface area contributed by atoms with Crippen LogP contribution in [-0.2, 0) is 19.1 Å². The molecule has 2 aliphatic carbocycles. The predicted octanol–water partition coefficient (Wildman–Crippen LogP) is 7.17. The van der Waals surface area contributed by atoms with Crippen LogP contribution in [0.2, 0.25) is 0 Å². The summed E-state index contributed by atoms with van der Waals surface area (Å²) in [6, 6.07) is 14.3. The number of aliphatic hydroxyl groups is 2. The molecule has 0 bridgehead atoms. The average Bonchev–Trinajstić information content (AvgIpc) is 3.11. The highest BCUT2D eigenvalue weighted by molar-refractivity contribution is 5.88. The van der Waals surface area contributed by atoms with Crippen LogP contribution in [0, 0.1) is 17.8 Å². The largest absolute Gasteiger partial charge is 0.490 e. The fraction of sp³-hybridized carbons (Fsp3) is 0.538. The van der Waals surface area contributed by atoms with Gasteiger partial charge in [-0.25, -0.2) is 9.59 Å². The summed E-state index contributed by atoms with van der Waals surface area (Å²) in [4.78, 5) is 23.6. The molecule has 0 aromatic heterocycles. The number of rotatable bonds is 17. The molecule has 0 aliphatic heterocycles. The van der Waals surface area contributed by atoms with Gasteiger partial charge < -0.3 is 29.2 Å². The number of aliphatic hydroxyl groups excluding tert-OH is 2. The number of carbonyl (C=O) groups is 2. The van der Waals surface area contributed by atoms with Gasteiger partial charge in [0.2, 0.25) is 0 Å². The summed E-state index contributed by atoms with van der Waals surface area (Å²) in [6.07, 6.45) is 13.6. The SMILES string of the molecule is C=C(CO)C(=O)OCCOc1cc(OCCOC(=O)C(=C)CO)cc(-c2ccc(C3CCC(C4CCC(CCC)CC4)CC3)cc2)c1. The molecule has 2 saturated carbocycles. The van der Waals surface area contributed by atoms with Crippen LogP contribution in [0.5, 0.6) is 11.5 Å². The third-order valence-corrected chi connectivity index (χ3v) is 9.75. The topological polar surface area (TPSA) is 112 Å². The number of hydrogen-bond donors (Lipinski definition) is 2. The van der Waals surface area contributed by atoms with E-state index in [-0.39, 0.29) is 37.6 Å². The second-order valence-electron chi connectivity index (χ2n) is 13.0. The van der Waals surface area contributed by atoms with E-state index in [1.165, 1.54) is 69.8 Å². The van der Waals surface area contributed by atoms with E-state index in [0.29, 0.717) is 17.4 Å². The van der Waals surface area contributed by atoms with Gasteiger partial charge in [0.15, 0.2) is 0 Å². The summed E-state index contributed by atoms with van der Waals surface area (Å²) in [6.45, 7) is 8.46. The Morgan fingerprint density at radius 1 is 0.681 bits per heavy atom. The van der Waals surface area contributed by atoms with Crippen molar-refractivity contribution in [2.45, 2.75) is 77.0 Å². The van der Waals surface area contributed by atoms with Crippen LogP contribution in [0.4, 0.5) is 0 Å². The quantitative estimate of drug-likeness (QED) is 0.106. The molecule has 0 heterocycles. The van der Waals surface area contributed by atoms with Crippen LogP contribution >= 0.6 is 0 Å². The minimum absolute atomic E-state index is 0.0139. The Kier molecular flexibility index (Phi) is 14.4. The molecule has 0 radical (unpaired) electrons. The zero-order chi connectivity index (χ0) is 33.6. The third kappa shape index (κ3) is 11.0. The van der Waals surface area contributed by atoms with E-state index in [2.05, 4.69) is 44.3 Å². The Bertz CT molecular complexity index is 1260. The van der Waals surface area contributed by atoms with Gasteiger partial charge >= 0.3 is 11.9 Å². The molecule has 8 heteroatoms. The summed E-state index contributed by atoms with van der Waals surface area (Å²) in [7, 11) is 0. The van der Waals surface area contributed by atoms with E-state index in [4.69, 9.17) is 29.2 Å². The van der Waals surface area contributed by atoms with Crippen molar-refractivity contribution in [2.75, 3.05) is 39.6 Å².